The zero-order chi connectivity index (χ0) is 17.3. The van der Waals surface area contributed by atoms with Crippen LogP contribution in [0.25, 0.3) is 16.9 Å². The Hall–Kier alpha value is -2.38. The van der Waals surface area contributed by atoms with Crippen LogP contribution in [-0.2, 0) is 0 Å². The molecule has 2 heterocycles. The van der Waals surface area contributed by atoms with Crippen molar-refractivity contribution >= 4 is 33.5 Å². The van der Waals surface area contributed by atoms with Crippen LogP contribution >= 0.6 is 27.5 Å². The summed E-state index contributed by atoms with van der Waals surface area (Å²) in [6.45, 7) is 0. The first-order chi connectivity index (χ1) is 11.5. The number of carboxylic acids is 1. The molecule has 1 aromatic carbocycles. The van der Waals surface area contributed by atoms with E-state index >= 15 is 0 Å². The maximum Gasteiger partial charge on any atom is 0.356 e. The fourth-order valence-corrected chi connectivity index (χ4v) is 2.88. The molecular weight excluding hydrogens is 398 g/mol. The Morgan fingerprint density at radius 3 is 2.75 bits per heavy atom. The van der Waals surface area contributed by atoms with Crippen LogP contribution in [0.2, 0.25) is 5.15 Å². The van der Waals surface area contributed by atoms with Crippen molar-refractivity contribution in [3.63, 3.8) is 0 Å². The van der Waals surface area contributed by atoms with Gasteiger partial charge >= 0.3 is 5.97 Å². The van der Waals surface area contributed by atoms with Crippen LogP contribution in [0.3, 0.4) is 0 Å². The van der Waals surface area contributed by atoms with Crippen molar-refractivity contribution in [2.45, 2.75) is 0 Å². The van der Waals surface area contributed by atoms with E-state index in [2.05, 4.69) is 26.0 Å². The van der Waals surface area contributed by atoms with E-state index in [1.165, 1.54) is 16.9 Å². The van der Waals surface area contributed by atoms with Gasteiger partial charge in [0.05, 0.1) is 18.5 Å². The summed E-state index contributed by atoms with van der Waals surface area (Å²) in [5, 5.41) is 13.7. The zero-order valence-corrected chi connectivity index (χ0v) is 14.7. The Morgan fingerprint density at radius 2 is 2.08 bits per heavy atom. The highest BCUT2D eigenvalue weighted by Crippen LogP contribution is 2.31. The molecule has 0 aliphatic heterocycles. The first kappa shape index (κ1) is 16.5. The molecule has 0 bridgehead atoms. The van der Waals surface area contributed by atoms with Crippen LogP contribution < -0.4 is 4.74 Å². The van der Waals surface area contributed by atoms with Crippen LogP contribution in [0.4, 0.5) is 0 Å². The van der Waals surface area contributed by atoms with E-state index in [1.807, 2.05) is 12.1 Å². The highest BCUT2D eigenvalue weighted by Gasteiger charge is 2.17. The average Bonchev–Trinajstić information content (AvgIpc) is 3.00. The molecule has 0 saturated heterocycles. The second kappa shape index (κ2) is 6.62. The van der Waals surface area contributed by atoms with Crippen molar-refractivity contribution < 1.29 is 14.6 Å². The summed E-state index contributed by atoms with van der Waals surface area (Å²) in [6.07, 6.45) is 1.53. The third-order valence-electron chi connectivity index (χ3n) is 3.29. The number of hydrogen-bond acceptors (Lipinski definition) is 4. The Kier molecular flexibility index (Phi) is 4.55. The lowest BCUT2D eigenvalue weighted by atomic mass is 10.1. The molecule has 0 amide bonds. The van der Waals surface area contributed by atoms with E-state index in [9.17, 15) is 9.90 Å². The van der Waals surface area contributed by atoms with Gasteiger partial charge in [0, 0.05) is 22.3 Å². The zero-order valence-electron chi connectivity index (χ0n) is 12.4. The molecule has 3 rings (SSSR count). The first-order valence-corrected chi connectivity index (χ1v) is 7.95. The minimum atomic E-state index is -1.11. The normalized spacial score (nSPS) is 10.6. The SMILES string of the molecule is COc1cc(Br)cc(-c2cc(C(=O)O)nn2-c2ccnc(Cl)c2)c1. The standard InChI is InChI=1S/C16H11BrClN3O3/c1-24-12-5-9(4-10(17)6-12)14-8-13(16(22)23)20-21(14)11-2-3-19-15(18)7-11/h2-8H,1H3,(H,22,23). The van der Waals surface area contributed by atoms with Gasteiger partial charge in [-0.1, -0.05) is 27.5 Å². The van der Waals surface area contributed by atoms with Gasteiger partial charge in [-0.2, -0.15) is 5.10 Å². The first-order valence-electron chi connectivity index (χ1n) is 6.78. The van der Waals surface area contributed by atoms with Gasteiger partial charge in [0.2, 0.25) is 0 Å². The fourth-order valence-electron chi connectivity index (χ4n) is 2.24. The Morgan fingerprint density at radius 1 is 1.29 bits per heavy atom. The van der Waals surface area contributed by atoms with Crippen LogP contribution in [0.1, 0.15) is 10.5 Å². The van der Waals surface area contributed by atoms with Crippen molar-refractivity contribution in [2.75, 3.05) is 7.11 Å². The number of benzene rings is 1. The number of nitrogens with zero attached hydrogens (tertiary/aromatic N) is 3. The number of carboxylic acid groups (broad SMARTS) is 1. The molecular formula is C16H11BrClN3O3. The average molecular weight is 409 g/mol. The number of rotatable bonds is 4. The van der Waals surface area contributed by atoms with Gasteiger partial charge in [-0.3, -0.25) is 0 Å². The van der Waals surface area contributed by atoms with Crippen LogP contribution in [-0.4, -0.2) is 33.0 Å². The Labute approximate surface area is 150 Å². The molecule has 2 aromatic heterocycles. The lowest BCUT2D eigenvalue weighted by Crippen LogP contribution is -2.02. The number of aromatic carboxylic acids is 1. The summed E-state index contributed by atoms with van der Waals surface area (Å²) in [5.41, 5.74) is 1.87. The van der Waals surface area contributed by atoms with E-state index in [0.717, 1.165) is 10.0 Å². The lowest BCUT2D eigenvalue weighted by molar-refractivity contribution is 0.0690. The predicted molar refractivity (Wildman–Crippen MR) is 93.0 cm³/mol. The molecule has 0 unspecified atom stereocenters. The minimum absolute atomic E-state index is 0.0723. The molecule has 8 heteroatoms. The molecule has 0 spiro atoms. The highest BCUT2D eigenvalue weighted by molar-refractivity contribution is 9.10. The van der Waals surface area contributed by atoms with Crippen molar-refractivity contribution in [1.82, 2.24) is 14.8 Å². The summed E-state index contributed by atoms with van der Waals surface area (Å²) in [5.74, 6) is -0.478. The summed E-state index contributed by atoms with van der Waals surface area (Å²) >= 11 is 9.36. The predicted octanol–water partition coefficient (Wildman–Crippen LogP) is 4.06. The highest BCUT2D eigenvalue weighted by atomic mass is 79.9. The van der Waals surface area contributed by atoms with Gasteiger partial charge in [0.15, 0.2) is 5.69 Å². The van der Waals surface area contributed by atoms with Gasteiger partial charge < -0.3 is 9.84 Å². The molecule has 0 saturated carbocycles. The molecule has 0 fully saturated rings. The molecule has 0 radical (unpaired) electrons. The van der Waals surface area contributed by atoms with E-state index in [4.69, 9.17) is 16.3 Å². The monoisotopic (exact) mass is 407 g/mol. The van der Waals surface area contributed by atoms with Crippen LogP contribution in [0.5, 0.6) is 5.75 Å². The minimum Gasteiger partial charge on any atom is -0.497 e. The van der Waals surface area contributed by atoms with Crippen molar-refractivity contribution in [1.29, 1.82) is 0 Å². The Bertz CT molecular complexity index is 927. The number of hydrogen-bond donors (Lipinski definition) is 1. The third-order valence-corrected chi connectivity index (χ3v) is 3.95. The number of aromatic nitrogens is 3. The van der Waals surface area contributed by atoms with Gasteiger partial charge in [-0.15, -0.1) is 0 Å². The van der Waals surface area contributed by atoms with Gasteiger partial charge in [0.25, 0.3) is 0 Å². The van der Waals surface area contributed by atoms with Crippen molar-refractivity contribution in [3.8, 4) is 22.7 Å². The van der Waals surface area contributed by atoms with E-state index < -0.39 is 5.97 Å². The second-order valence-electron chi connectivity index (χ2n) is 4.85. The summed E-state index contributed by atoms with van der Waals surface area (Å²) in [6, 6.07) is 10.3. The number of carbonyl (C=O) groups is 1. The number of methoxy groups -OCH3 is 1. The smallest absolute Gasteiger partial charge is 0.356 e. The maximum atomic E-state index is 11.3. The van der Waals surface area contributed by atoms with E-state index in [1.54, 1.807) is 25.3 Å². The molecule has 122 valence electrons. The molecule has 1 N–H and O–H groups in total. The fraction of sp³-hybridized carbons (Fsp3) is 0.0625. The Balaban J connectivity index is 2.23. The van der Waals surface area contributed by atoms with Gasteiger partial charge in [-0.25, -0.2) is 14.5 Å². The largest absolute Gasteiger partial charge is 0.497 e. The van der Waals surface area contributed by atoms with Crippen molar-refractivity contribution in [2.24, 2.45) is 0 Å². The third kappa shape index (κ3) is 3.27. The maximum absolute atomic E-state index is 11.3. The molecule has 0 aliphatic rings. The molecule has 0 atom stereocenters. The topological polar surface area (TPSA) is 77.2 Å². The van der Waals surface area contributed by atoms with Crippen LogP contribution in [0, 0.1) is 0 Å². The number of ether oxygens (including phenoxy) is 1. The molecule has 6 nitrogen and oxygen atoms in total. The second-order valence-corrected chi connectivity index (χ2v) is 6.15. The van der Waals surface area contributed by atoms with Gasteiger partial charge in [0.1, 0.15) is 10.9 Å². The molecule has 0 aliphatic carbocycles. The van der Waals surface area contributed by atoms with E-state index in [0.29, 0.717) is 17.1 Å². The molecule has 3 aromatic rings. The molecule has 24 heavy (non-hydrogen) atoms. The quantitative estimate of drug-likeness (QED) is 0.659. The lowest BCUT2D eigenvalue weighted by Gasteiger charge is -2.09. The van der Waals surface area contributed by atoms with Gasteiger partial charge in [-0.05, 0) is 30.3 Å². The summed E-state index contributed by atoms with van der Waals surface area (Å²) in [4.78, 5) is 15.3. The number of pyridine rings is 1. The number of halogens is 2. The van der Waals surface area contributed by atoms with Crippen LogP contribution in [0.15, 0.2) is 47.1 Å². The summed E-state index contributed by atoms with van der Waals surface area (Å²) in [7, 11) is 1.56. The summed E-state index contributed by atoms with van der Waals surface area (Å²) < 4.78 is 7.58. The van der Waals surface area contributed by atoms with E-state index in [-0.39, 0.29) is 10.8 Å². The van der Waals surface area contributed by atoms with Crippen molar-refractivity contribution in [3.05, 3.63) is 57.9 Å².